The molecule has 0 saturated heterocycles. The van der Waals surface area contributed by atoms with Crippen LogP contribution < -0.4 is 4.72 Å². The van der Waals surface area contributed by atoms with Gasteiger partial charge in [-0.1, -0.05) is 23.7 Å². The second kappa shape index (κ2) is 5.70. The molecule has 0 heterocycles. The van der Waals surface area contributed by atoms with Gasteiger partial charge in [0, 0.05) is 5.02 Å². The molecule has 0 aliphatic heterocycles. The van der Waals surface area contributed by atoms with Gasteiger partial charge in [0.05, 0.1) is 10.6 Å². The van der Waals surface area contributed by atoms with Crippen LogP contribution in [0, 0.1) is 27.7 Å². The molecule has 0 aliphatic rings. The molecule has 0 atom stereocenters. The lowest BCUT2D eigenvalue weighted by Gasteiger charge is -2.14. The summed E-state index contributed by atoms with van der Waals surface area (Å²) >= 11 is 6.03. The van der Waals surface area contributed by atoms with Crippen molar-refractivity contribution < 1.29 is 8.42 Å². The fourth-order valence-corrected chi connectivity index (χ4v) is 3.75. The number of anilines is 1. The van der Waals surface area contributed by atoms with Gasteiger partial charge in [0.1, 0.15) is 0 Å². The van der Waals surface area contributed by atoms with Crippen LogP contribution in [0.1, 0.15) is 22.3 Å². The molecule has 0 fully saturated rings. The summed E-state index contributed by atoms with van der Waals surface area (Å²) in [4.78, 5) is 0.296. The zero-order valence-electron chi connectivity index (χ0n) is 12.5. The first-order chi connectivity index (χ1) is 9.72. The molecule has 2 rings (SSSR count). The Morgan fingerprint density at radius 1 is 0.952 bits per heavy atom. The number of aryl methyl sites for hydroxylation is 3. The first-order valence-electron chi connectivity index (χ1n) is 6.58. The van der Waals surface area contributed by atoms with Crippen LogP contribution >= 0.6 is 11.6 Å². The van der Waals surface area contributed by atoms with Crippen LogP contribution in [-0.4, -0.2) is 8.42 Å². The van der Waals surface area contributed by atoms with E-state index < -0.39 is 10.0 Å². The molecule has 0 aromatic heterocycles. The SMILES string of the molecule is Cc1cc(C)c(S(=O)(=O)Nc2cccc(Cl)c2C)cc1C. The van der Waals surface area contributed by atoms with Gasteiger partial charge in [0.2, 0.25) is 0 Å². The molecule has 0 amide bonds. The molecular weight excluding hydrogens is 306 g/mol. The van der Waals surface area contributed by atoms with Crippen LogP contribution in [0.25, 0.3) is 0 Å². The second-order valence-corrected chi connectivity index (χ2v) is 7.28. The van der Waals surface area contributed by atoms with Crippen molar-refractivity contribution in [2.45, 2.75) is 32.6 Å². The summed E-state index contributed by atoms with van der Waals surface area (Å²) in [6.45, 7) is 7.45. The molecule has 0 unspecified atom stereocenters. The maximum absolute atomic E-state index is 12.6. The van der Waals surface area contributed by atoms with E-state index in [1.165, 1.54) is 0 Å². The third-order valence-electron chi connectivity index (χ3n) is 3.59. The molecule has 0 aliphatic carbocycles. The molecule has 0 saturated carbocycles. The highest BCUT2D eigenvalue weighted by molar-refractivity contribution is 7.92. The number of halogens is 1. The van der Waals surface area contributed by atoms with Crippen molar-refractivity contribution in [1.29, 1.82) is 0 Å². The van der Waals surface area contributed by atoms with Crippen molar-refractivity contribution in [2.24, 2.45) is 0 Å². The Kier molecular flexibility index (Phi) is 4.30. The van der Waals surface area contributed by atoms with E-state index in [2.05, 4.69) is 4.72 Å². The number of sulfonamides is 1. The van der Waals surface area contributed by atoms with Gasteiger partial charge in [0.25, 0.3) is 10.0 Å². The Morgan fingerprint density at radius 2 is 1.57 bits per heavy atom. The first kappa shape index (κ1) is 15.9. The van der Waals surface area contributed by atoms with E-state index in [0.717, 1.165) is 16.7 Å². The van der Waals surface area contributed by atoms with Gasteiger partial charge in [-0.3, -0.25) is 4.72 Å². The van der Waals surface area contributed by atoms with E-state index in [1.54, 1.807) is 38.1 Å². The number of rotatable bonds is 3. The topological polar surface area (TPSA) is 46.2 Å². The van der Waals surface area contributed by atoms with Crippen molar-refractivity contribution in [3.63, 3.8) is 0 Å². The van der Waals surface area contributed by atoms with Gasteiger partial charge in [0.15, 0.2) is 0 Å². The summed E-state index contributed by atoms with van der Waals surface area (Å²) in [6, 6.07) is 8.74. The molecule has 3 nitrogen and oxygen atoms in total. The predicted molar refractivity (Wildman–Crippen MR) is 87.7 cm³/mol. The Morgan fingerprint density at radius 3 is 2.24 bits per heavy atom. The Labute approximate surface area is 131 Å². The van der Waals surface area contributed by atoms with Crippen LogP contribution in [0.4, 0.5) is 5.69 Å². The molecule has 2 aromatic rings. The Balaban J connectivity index is 2.48. The van der Waals surface area contributed by atoms with Gasteiger partial charge in [-0.25, -0.2) is 8.42 Å². The lowest BCUT2D eigenvalue weighted by molar-refractivity contribution is 0.600. The molecule has 0 radical (unpaired) electrons. The van der Waals surface area contributed by atoms with Gasteiger partial charge in [-0.2, -0.15) is 0 Å². The maximum atomic E-state index is 12.6. The average Bonchev–Trinajstić information content (AvgIpc) is 2.39. The highest BCUT2D eigenvalue weighted by atomic mass is 35.5. The van der Waals surface area contributed by atoms with Crippen molar-refractivity contribution in [3.05, 3.63) is 57.6 Å². The maximum Gasteiger partial charge on any atom is 0.262 e. The lowest BCUT2D eigenvalue weighted by Crippen LogP contribution is -2.15. The highest BCUT2D eigenvalue weighted by Gasteiger charge is 2.19. The van der Waals surface area contributed by atoms with Gasteiger partial charge < -0.3 is 0 Å². The van der Waals surface area contributed by atoms with E-state index in [4.69, 9.17) is 11.6 Å². The Bertz CT molecular complexity index is 798. The van der Waals surface area contributed by atoms with E-state index in [1.807, 2.05) is 19.9 Å². The average molecular weight is 324 g/mol. The molecule has 0 bridgehead atoms. The third kappa shape index (κ3) is 3.22. The normalized spacial score (nSPS) is 11.5. The number of nitrogens with one attached hydrogen (secondary N) is 1. The van der Waals surface area contributed by atoms with Crippen molar-refractivity contribution in [3.8, 4) is 0 Å². The number of benzene rings is 2. The summed E-state index contributed by atoms with van der Waals surface area (Å²) in [7, 11) is -3.63. The summed E-state index contributed by atoms with van der Waals surface area (Å²) < 4.78 is 27.8. The van der Waals surface area contributed by atoms with E-state index in [9.17, 15) is 8.42 Å². The fourth-order valence-electron chi connectivity index (χ4n) is 2.14. The monoisotopic (exact) mass is 323 g/mol. The zero-order chi connectivity index (χ0) is 15.8. The molecule has 21 heavy (non-hydrogen) atoms. The smallest absolute Gasteiger partial charge is 0.262 e. The first-order valence-corrected chi connectivity index (χ1v) is 8.44. The van der Waals surface area contributed by atoms with Crippen LogP contribution in [0.5, 0.6) is 0 Å². The van der Waals surface area contributed by atoms with Crippen LogP contribution in [0.15, 0.2) is 35.2 Å². The predicted octanol–water partition coefficient (Wildman–Crippen LogP) is 4.37. The molecule has 5 heteroatoms. The highest BCUT2D eigenvalue weighted by Crippen LogP contribution is 2.27. The number of hydrogen-bond donors (Lipinski definition) is 1. The molecular formula is C16H18ClNO2S. The van der Waals surface area contributed by atoms with E-state index in [0.29, 0.717) is 21.2 Å². The largest absolute Gasteiger partial charge is 0.279 e. The van der Waals surface area contributed by atoms with Gasteiger partial charge in [-0.05, 0) is 68.1 Å². The molecule has 112 valence electrons. The van der Waals surface area contributed by atoms with Crippen molar-refractivity contribution in [1.82, 2.24) is 0 Å². The fraction of sp³-hybridized carbons (Fsp3) is 0.250. The standard InChI is InChI=1S/C16H18ClNO2S/c1-10-8-12(3)16(9-11(10)2)21(19,20)18-15-7-5-6-14(17)13(15)4/h5-9,18H,1-4H3. The third-order valence-corrected chi connectivity index (χ3v) is 5.51. The Hall–Kier alpha value is -1.52. The van der Waals surface area contributed by atoms with Crippen molar-refractivity contribution >= 4 is 27.3 Å². The van der Waals surface area contributed by atoms with Crippen molar-refractivity contribution in [2.75, 3.05) is 4.72 Å². The zero-order valence-corrected chi connectivity index (χ0v) is 14.1. The molecule has 0 spiro atoms. The summed E-state index contributed by atoms with van der Waals surface area (Å²) in [5.41, 5.74) is 3.96. The lowest BCUT2D eigenvalue weighted by atomic mass is 10.1. The van der Waals surface area contributed by atoms with Gasteiger partial charge >= 0.3 is 0 Å². The molecule has 1 N–H and O–H groups in total. The van der Waals surface area contributed by atoms with Crippen LogP contribution in [0.2, 0.25) is 5.02 Å². The van der Waals surface area contributed by atoms with Gasteiger partial charge in [-0.15, -0.1) is 0 Å². The second-order valence-electron chi connectivity index (χ2n) is 5.22. The molecule has 2 aromatic carbocycles. The summed E-state index contributed by atoms with van der Waals surface area (Å²) in [6.07, 6.45) is 0. The van der Waals surface area contributed by atoms with Crippen LogP contribution in [0.3, 0.4) is 0 Å². The van der Waals surface area contributed by atoms with E-state index >= 15 is 0 Å². The summed E-state index contributed by atoms with van der Waals surface area (Å²) in [5, 5.41) is 0.534. The quantitative estimate of drug-likeness (QED) is 0.911. The minimum absolute atomic E-state index is 0.296. The van der Waals surface area contributed by atoms with E-state index in [-0.39, 0.29) is 0 Å². The number of hydrogen-bond acceptors (Lipinski definition) is 2. The summed E-state index contributed by atoms with van der Waals surface area (Å²) in [5.74, 6) is 0. The van der Waals surface area contributed by atoms with Crippen LogP contribution in [-0.2, 0) is 10.0 Å². The minimum atomic E-state index is -3.63. The minimum Gasteiger partial charge on any atom is -0.279 e.